The van der Waals surface area contributed by atoms with Gasteiger partial charge in [0, 0.05) is 32.1 Å². The van der Waals surface area contributed by atoms with Gasteiger partial charge in [-0.3, -0.25) is 0 Å². The van der Waals surface area contributed by atoms with Crippen LogP contribution < -0.4 is 15.4 Å². The molecule has 3 heterocycles. The number of aryl methyl sites for hydroxylation is 1. The average molecular weight is 480 g/mol. The molecule has 0 radical (unpaired) electrons. The Morgan fingerprint density at radius 3 is 2.79 bits per heavy atom. The van der Waals surface area contributed by atoms with Crippen molar-refractivity contribution in [1.82, 2.24) is 24.8 Å². The number of fused-ring (bicyclic) bond motifs is 1. The summed E-state index contributed by atoms with van der Waals surface area (Å²) in [5.41, 5.74) is 0.481. The second-order valence-electron chi connectivity index (χ2n) is 9.16. The Hall–Kier alpha value is -3.05. The summed E-state index contributed by atoms with van der Waals surface area (Å²) in [6.07, 6.45) is 1.29. The molecule has 12 heteroatoms. The molecule has 9 nitrogen and oxygen atoms in total. The van der Waals surface area contributed by atoms with Crippen molar-refractivity contribution >= 4 is 17.6 Å². The molecular weight excluding hydrogens is 451 g/mol. The van der Waals surface area contributed by atoms with Gasteiger partial charge in [-0.2, -0.15) is 18.2 Å². The van der Waals surface area contributed by atoms with Crippen molar-refractivity contribution in [2.75, 3.05) is 23.8 Å². The lowest BCUT2D eigenvalue weighted by Crippen LogP contribution is -2.35. The SMILES string of the molecule is Cc1nnc(NC[C@@H]2CC[C@H](C3CC3)[C@H]2Nc2nc3c(OCCCC(F)(F)F)cccn3n2)o1. The number of hydrogen-bond donors (Lipinski definition) is 2. The predicted octanol–water partition coefficient (Wildman–Crippen LogP) is 4.47. The monoisotopic (exact) mass is 479 g/mol. The van der Waals surface area contributed by atoms with Crippen molar-refractivity contribution in [1.29, 1.82) is 0 Å². The highest BCUT2D eigenvalue weighted by molar-refractivity contribution is 5.55. The Morgan fingerprint density at radius 2 is 2.06 bits per heavy atom. The highest BCUT2D eigenvalue weighted by atomic mass is 19.4. The number of hydrogen-bond acceptors (Lipinski definition) is 8. The molecule has 184 valence electrons. The van der Waals surface area contributed by atoms with Crippen LogP contribution in [0.3, 0.4) is 0 Å². The first kappa shape index (κ1) is 22.7. The Bertz CT molecular complexity index is 1110. The number of anilines is 2. The van der Waals surface area contributed by atoms with E-state index in [0.29, 0.717) is 47.6 Å². The van der Waals surface area contributed by atoms with Gasteiger partial charge in [-0.25, -0.2) is 4.52 Å². The van der Waals surface area contributed by atoms with Gasteiger partial charge in [0.1, 0.15) is 0 Å². The van der Waals surface area contributed by atoms with E-state index in [0.717, 1.165) is 18.8 Å². The molecular formula is C22H28F3N7O2. The number of nitrogens with zero attached hydrogens (tertiary/aromatic N) is 5. The van der Waals surface area contributed by atoms with Gasteiger partial charge in [-0.15, -0.1) is 10.2 Å². The predicted molar refractivity (Wildman–Crippen MR) is 118 cm³/mol. The zero-order valence-corrected chi connectivity index (χ0v) is 18.9. The van der Waals surface area contributed by atoms with E-state index < -0.39 is 12.6 Å². The molecule has 0 saturated heterocycles. The van der Waals surface area contributed by atoms with Crippen LogP contribution in [0.25, 0.3) is 5.65 Å². The maximum absolute atomic E-state index is 12.4. The third-order valence-electron chi connectivity index (χ3n) is 6.59. The second-order valence-corrected chi connectivity index (χ2v) is 9.16. The first-order valence-electron chi connectivity index (χ1n) is 11.7. The summed E-state index contributed by atoms with van der Waals surface area (Å²) < 4.78 is 49.8. The molecule has 3 aromatic rings. The second kappa shape index (κ2) is 9.30. The van der Waals surface area contributed by atoms with Crippen LogP contribution in [-0.4, -0.2) is 50.2 Å². The highest BCUT2D eigenvalue weighted by Gasteiger charge is 2.44. The standard InChI is InChI=1S/C22H28F3N7O2/c1-13-29-30-21(34-13)26-12-15-7-8-16(14-5-6-14)18(15)27-20-28-19-17(4-2-10-32(19)31-20)33-11-3-9-22(23,24)25/h2,4,10,14-16,18H,3,5-9,11-12H2,1H3,(H,26,30)(H,27,31)/t15-,16+,18-/m0/s1. The van der Waals surface area contributed by atoms with Gasteiger partial charge in [0.2, 0.25) is 11.8 Å². The summed E-state index contributed by atoms with van der Waals surface area (Å²) in [7, 11) is 0. The molecule has 34 heavy (non-hydrogen) atoms. The molecule has 0 bridgehead atoms. The summed E-state index contributed by atoms with van der Waals surface area (Å²) in [6.45, 7) is 2.41. The van der Waals surface area contributed by atoms with Gasteiger partial charge < -0.3 is 19.8 Å². The maximum Gasteiger partial charge on any atom is 0.389 e. The fourth-order valence-electron chi connectivity index (χ4n) is 4.87. The van der Waals surface area contributed by atoms with Crippen LogP contribution in [0.1, 0.15) is 44.4 Å². The van der Waals surface area contributed by atoms with Gasteiger partial charge in [-0.1, -0.05) is 5.10 Å². The summed E-state index contributed by atoms with van der Waals surface area (Å²) >= 11 is 0. The molecule has 0 spiro atoms. The molecule has 0 unspecified atom stereocenters. The molecule has 3 atom stereocenters. The summed E-state index contributed by atoms with van der Waals surface area (Å²) in [5.74, 6) is 3.02. The third-order valence-corrected chi connectivity index (χ3v) is 6.59. The number of ether oxygens (including phenoxy) is 1. The molecule has 0 aromatic carbocycles. The van der Waals surface area contributed by atoms with Crippen molar-refractivity contribution in [3.05, 3.63) is 24.2 Å². The van der Waals surface area contributed by atoms with Gasteiger partial charge in [-0.05, 0) is 62.0 Å². The van der Waals surface area contributed by atoms with Crippen LogP contribution in [0.15, 0.2) is 22.7 Å². The van der Waals surface area contributed by atoms with Crippen molar-refractivity contribution in [2.24, 2.45) is 17.8 Å². The van der Waals surface area contributed by atoms with E-state index in [1.54, 1.807) is 29.8 Å². The highest BCUT2D eigenvalue weighted by Crippen LogP contribution is 2.48. The molecule has 2 saturated carbocycles. The lowest BCUT2D eigenvalue weighted by atomic mass is 9.93. The molecule has 2 aliphatic carbocycles. The number of aromatic nitrogens is 5. The van der Waals surface area contributed by atoms with Gasteiger partial charge in [0.15, 0.2) is 11.4 Å². The van der Waals surface area contributed by atoms with E-state index in [4.69, 9.17) is 9.15 Å². The zero-order valence-electron chi connectivity index (χ0n) is 18.9. The Kier molecular flexibility index (Phi) is 6.22. The van der Waals surface area contributed by atoms with E-state index in [1.807, 2.05) is 0 Å². The summed E-state index contributed by atoms with van der Waals surface area (Å²) in [6, 6.07) is 4.05. The molecule has 2 N–H and O–H groups in total. The van der Waals surface area contributed by atoms with Crippen LogP contribution in [-0.2, 0) is 0 Å². The third kappa shape index (κ3) is 5.36. The van der Waals surface area contributed by atoms with Gasteiger partial charge in [0.05, 0.1) is 6.61 Å². The Balaban J connectivity index is 1.27. The maximum atomic E-state index is 12.4. The first-order valence-corrected chi connectivity index (χ1v) is 11.7. The molecule has 3 aromatic heterocycles. The number of rotatable bonds is 10. The number of pyridine rings is 1. The molecule has 0 aliphatic heterocycles. The van der Waals surface area contributed by atoms with E-state index in [2.05, 4.69) is 30.9 Å². The summed E-state index contributed by atoms with van der Waals surface area (Å²) in [5, 5.41) is 19.2. The van der Waals surface area contributed by atoms with Crippen LogP contribution in [0.5, 0.6) is 5.75 Å². The first-order chi connectivity index (χ1) is 16.4. The smallest absolute Gasteiger partial charge is 0.389 e. The van der Waals surface area contributed by atoms with E-state index in [9.17, 15) is 13.2 Å². The van der Waals surface area contributed by atoms with Gasteiger partial charge in [0.25, 0.3) is 0 Å². The van der Waals surface area contributed by atoms with Gasteiger partial charge >= 0.3 is 12.2 Å². The minimum Gasteiger partial charge on any atom is -0.490 e. The molecule has 0 amide bonds. The number of alkyl halides is 3. The van der Waals surface area contributed by atoms with Crippen molar-refractivity contribution in [3.8, 4) is 5.75 Å². The van der Waals surface area contributed by atoms with Crippen molar-refractivity contribution in [3.63, 3.8) is 0 Å². The van der Waals surface area contributed by atoms with Crippen LogP contribution in [0.4, 0.5) is 25.1 Å². The minimum absolute atomic E-state index is 0.0376. The molecule has 5 rings (SSSR count). The average Bonchev–Trinajstić information content (AvgIpc) is 3.21. The fourth-order valence-corrected chi connectivity index (χ4v) is 4.87. The van der Waals surface area contributed by atoms with E-state index >= 15 is 0 Å². The zero-order chi connectivity index (χ0) is 23.7. The normalized spacial score (nSPS) is 22.9. The number of nitrogens with one attached hydrogen (secondary N) is 2. The van der Waals surface area contributed by atoms with E-state index in [-0.39, 0.29) is 19.1 Å². The Morgan fingerprint density at radius 1 is 1.21 bits per heavy atom. The molecule has 2 aliphatic rings. The van der Waals surface area contributed by atoms with Crippen molar-refractivity contribution in [2.45, 2.75) is 57.7 Å². The van der Waals surface area contributed by atoms with Crippen molar-refractivity contribution < 1.29 is 22.3 Å². The van der Waals surface area contributed by atoms with E-state index in [1.165, 1.54) is 12.8 Å². The summed E-state index contributed by atoms with van der Waals surface area (Å²) in [4.78, 5) is 4.61. The van der Waals surface area contributed by atoms with Crippen LogP contribution in [0.2, 0.25) is 0 Å². The molecule has 2 fully saturated rings. The Labute approximate surface area is 194 Å². The lowest BCUT2D eigenvalue weighted by Gasteiger charge is -2.25. The topological polar surface area (TPSA) is 102 Å². The lowest BCUT2D eigenvalue weighted by molar-refractivity contribution is -0.136. The fraction of sp³-hybridized carbons (Fsp3) is 0.636. The van der Waals surface area contributed by atoms with Crippen LogP contribution in [0, 0.1) is 24.7 Å². The van der Waals surface area contributed by atoms with Crippen LogP contribution >= 0.6 is 0 Å². The quantitative estimate of drug-likeness (QED) is 0.411. The minimum atomic E-state index is -4.19. The number of halogens is 3. The largest absolute Gasteiger partial charge is 0.490 e.